The largest absolute Gasteiger partial charge is 0.324 e. The molecule has 2 fully saturated rings. The number of benzene rings is 1. The zero-order valence-electron chi connectivity index (χ0n) is 13.3. The number of nitrogens with two attached hydrogens (primary N) is 1. The zero-order chi connectivity index (χ0) is 15.9. The van der Waals surface area contributed by atoms with Gasteiger partial charge in [0.15, 0.2) is 5.82 Å². The van der Waals surface area contributed by atoms with Crippen molar-refractivity contribution in [3.05, 3.63) is 24.3 Å². The summed E-state index contributed by atoms with van der Waals surface area (Å²) in [6.45, 7) is 0. The zero-order valence-corrected chi connectivity index (χ0v) is 14.1. The van der Waals surface area contributed by atoms with Crippen LogP contribution < -0.4 is 11.1 Å². The van der Waals surface area contributed by atoms with Crippen LogP contribution in [0.1, 0.15) is 44.6 Å². The number of hydrogen-bond donors (Lipinski definition) is 2. The van der Waals surface area contributed by atoms with Gasteiger partial charge in [-0.3, -0.25) is 4.79 Å². The number of halogens is 1. The van der Waals surface area contributed by atoms with Crippen molar-refractivity contribution in [2.45, 2.75) is 50.1 Å². The Morgan fingerprint density at radius 2 is 2.04 bits per heavy atom. The lowest BCUT2D eigenvalue weighted by atomic mass is 9.98. The maximum atomic E-state index is 12.4. The summed E-state index contributed by atoms with van der Waals surface area (Å²) < 4.78 is 1.86. The minimum Gasteiger partial charge on any atom is -0.324 e. The number of amides is 1. The molecule has 0 saturated heterocycles. The first-order valence-corrected chi connectivity index (χ1v) is 8.14. The molecule has 2 aliphatic rings. The fraction of sp³-hybridized carbons (Fsp3) is 0.500. The lowest BCUT2D eigenvalue weighted by Gasteiger charge is -2.22. The standard InChI is InChI=1S/C16H20N6O.ClH/c17-16(8-1-2-9-16)15(23)18-12-5-3-4-11(10-12)14-19-20-21-22(14)13-6-7-13;/h3-5,10,13H,1-2,6-9,17H2,(H,18,23);1H. The summed E-state index contributed by atoms with van der Waals surface area (Å²) in [7, 11) is 0. The van der Waals surface area contributed by atoms with Crippen molar-refractivity contribution in [2.24, 2.45) is 5.73 Å². The summed E-state index contributed by atoms with van der Waals surface area (Å²) in [5.74, 6) is 0.640. The van der Waals surface area contributed by atoms with E-state index in [-0.39, 0.29) is 18.3 Å². The molecular weight excluding hydrogens is 328 g/mol. The number of aromatic nitrogens is 4. The van der Waals surface area contributed by atoms with Gasteiger partial charge in [-0.1, -0.05) is 25.0 Å². The van der Waals surface area contributed by atoms with Crippen molar-refractivity contribution >= 4 is 24.0 Å². The van der Waals surface area contributed by atoms with E-state index in [0.717, 1.165) is 55.6 Å². The minimum atomic E-state index is -0.731. The highest BCUT2D eigenvalue weighted by Crippen LogP contribution is 2.37. The van der Waals surface area contributed by atoms with Crippen LogP contribution in [0.15, 0.2) is 24.3 Å². The summed E-state index contributed by atoms with van der Waals surface area (Å²) in [6.07, 6.45) is 5.76. The van der Waals surface area contributed by atoms with Gasteiger partial charge in [-0.25, -0.2) is 4.68 Å². The Kier molecular flexibility index (Phi) is 4.56. The van der Waals surface area contributed by atoms with Gasteiger partial charge in [-0.05, 0) is 48.2 Å². The third-order valence-electron chi connectivity index (χ3n) is 4.71. The van der Waals surface area contributed by atoms with Crippen LogP contribution in [0.3, 0.4) is 0 Å². The Morgan fingerprint density at radius 3 is 2.75 bits per heavy atom. The highest BCUT2D eigenvalue weighted by Gasteiger charge is 2.37. The van der Waals surface area contributed by atoms with E-state index in [4.69, 9.17) is 5.73 Å². The van der Waals surface area contributed by atoms with E-state index in [1.54, 1.807) is 0 Å². The van der Waals surface area contributed by atoms with Crippen LogP contribution >= 0.6 is 12.4 Å². The molecule has 7 nitrogen and oxygen atoms in total. The average molecular weight is 349 g/mol. The third kappa shape index (κ3) is 3.14. The highest BCUT2D eigenvalue weighted by molar-refractivity contribution is 5.98. The molecule has 24 heavy (non-hydrogen) atoms. The Labute approximate surface area is 146 Å². The van der Waals surface area contributed by atoms with E-state index in [1.165, 1.54) is 0 Å². The lowest BCUT2D eigenvalue weighted by molar-refractivity contribution is -0.121. The van der Waals surface area contributed by atoms with Gasteiger partial charge in [0.05, 0.1) is 11.6 Å². The Hall–Kier alpha value is -1.99. The van der Waals surface area contributed by atoms with E-state index in [9.17, 15) is 4.79 Å². The number of anilines is 1. The molecule has 3 N–H and O–H groups in total. The van der Waals surface area contributed by atoms with Crippen LogP contribution in [-0.2, 0) is 4.79 Å². The fourth-order valence-corrected chi connectivity index (χ4v) is 3.17. The minimum absolute atomic E-state index is 0. The number of hydrogen-bond acceptors (Lipinski definition) is 5. The Bertz CT molecular complexity index is 736. The number of nitrogens with one attached hydrogen (secondary N) is 1. The summed E-state index contributed by atoms with van der Waals surface area (Å²) in [5.41, 5.74) is 7.11. The fourth-order valence-electron chi connectivity index (χ4n) is 3.17. The van der Waals surface area contributed by atoms with Crippen molar-refractivity contribution in [2.75, 3.05) is 5.32 Å². The van der Waals surface area contributed by atoms with Crippen molar-refractivity contribution in [3.63, 3.8) is 0 Å². The predicted molar refractivity (Wildman–Crippen MR) is 92.8 cm³/mol. The van der Waals surface area contributed by atoms with Gasteiger partial charge in [0, 0.05) is 11.3 Å². The molecule has 0 radical (unpaired) electrons. The molecule has 0 aliphatic heterocycles. The molecule has 0 bridgehead atoms. The number of tetrazole rings is 1. The molecule has 2 aliphatic carbocycles. The number of carbonyl (C=O) groups excluding carboxylic acids is 1. The predicted octanol–water partition coefficient (Wildman–Crippen LogP) is 2.31. The Morgan fingerprint density at radius 1 is 1.29 bits per heavy atom. The van der Waals surface area contributed by atoms with Crippen LogP contribution in [0, 0.1) is 0 Å². The van der Waals surface area contributed by atoms with Gasteiger partial charge in [0.2, 0.25) is 5.91 Å². The second kappa shape index (κ2) is 6.49. The van der Waals surface area contributed by atoms with Gasteiger partial charge < -0.3 is 11.1 Å². The van der Waals surface area contributed by atoms with E-state index < -0.39 is 5.54 Å². The summed E-state index contributed by atoms with van der Waals surface area (Å²) in [6, 6.07) is 8.03. The number of rotatable bonds is 4. The van der Waals surface area contributed by atoms with E-state index in [1.807, 2.05) is 28.9 Å². The van der Waals surface area contributed by atoms with E-state index >= 15 is 0 Å². The van der Waals surface area contributed by atoms with Crippen LogP contribution in [0.4, 0.5) is 5.69 Å². The molecule has 0 unspecified atom stereocenters. The molecule has 0 spiro atoms. The molecule has 0 atom stereocenters. The van der Waals surface area contributed by atoms with Crippen molar-refractivity contribution in [1.82, 2.24) is 20.2 Å². The van der Waals surface area contributed by atoms with Gasteiger partial charge in [-0.15, -0.1) is 17.5 Å². The van der Waals surface area contributed by atoms with Crippen LogP contribution in [0.25, 0.3) is 11.4 Å². The molecule has 1 aromatic carbocycles. The number of nitrogens with zero attached hydrogens (tertiary/aromatic N) is 4. The Balaban J connectivity index is 0.00000169. The van der Waals surface area contributed by atoms with Gasteiger partial charge in [-0.2, -0.15) is 0 Å². The van der Waals surface area contributed by atoms with Gasteiger partial charge in [0.25, 0.3) is 0 Å². The normalized spacial score (nSPS) is 18.9. The summed E-state index contributed by atoms with van der Waals surface area (Å²) >= 11 is 0. The van der Waals surface area contributed by atoms with E-state index in [2.05, 4.69) is 20.8 Å². The first-order chi connectivity index (χ1) is 11.2. The molecule has 1 amide bonds. The second-order valence-electron chi connectivity index (χ2n) is 6.58. The molecule has 2 aromatic rings. The van der Waals surface area contributed by atoms with E-state index in [0.29, 0.717) is 6.04 Å². The molecular formula is C16H21ClN6O. The van der Waals surface area contributed by atoms with Crippen molar-refractivity contribution in [3.8, 4) is 11.4 Å². The second-order valence-corrected chi connectivity index (χ2v) is 6.58. The van der Waals surface area contributed by atoms with Crippen molar-refractivity contribution < 1.29 is 4.79 Å². The molecule has 128 valence electrons. The van der Waals surface area contributed by atoms with Crippen LogP contribution in [0.5, 0.6) is 0 Å². The quantitative estimate of drug-likeness (QED) is 0.883. The monoisotopic (exact) mass is 348 g/mol. The lowest BCUT2D eigenvalue weighted by Crippen LogP contribution is -2.48. The van der Waals surface area contributed by atoms with Gasteiger partial charge in [0.1, 0.15) is 0 Å². The number of carbonyl (C=O) groups is 1. The molecule has 1 aromatic heterocycles. The van der Waals surface area contributed by atoms with Crippen LogP contribution in [0.2, 0.25) is 0 Å². The maximum absolute atomic E-state index is 12.4. The van der Waals surface area contributed by atoms with Crippen LogP contribution in [-0.4, -0.2) is 31.7 Å². The maximum Gasteiger partial charge on any atom is 0.244 e. The molecule has 2 saturated carbocycles. The van der Waals surface area contributed by atoms with Gasteiger partial charge >= 0.3 is 0 Å². The highest BCUT2D eigenvalue weighted by atomic mass is 35.5. The SMILES string of the molecule is Cl.NC1(C(=O)Nc2cccc(-c3nnnn3C3CC3)c2)CCCC1. The summed E-state index contributed by atoms with van der Waals surface area (Å²) in [5, 5.41) is 14.9. The average Bonchev–Trinajstić information content (AvgIpc) is 3.09. The summed E-state index contributed by atoms with van der Waals surface area (Å²) in [4.78, 5) is 12.4. The topological polar surface area (TPSA) is 98.7 Å². The third-order valence-corrected chi connectivity index (χ3v) is 4.71. The first-order valence-electron chi connectivity index (χ1n) is 8.14. The molecule has 8 heteroatoms. The molecule has 1 heterocycles. The molecule has 4 rings (SSSR count). The smallest absolute Gasteiger partial charge is 0.244 e. The first kappa shape index (κ1) is 16.9. The van der Waals surface area contributed by atoms with Crippen molar-refractivity contribution in [1.29, 1.82) is 0 Å².